The first-order chi connectivity index (χ1) is 8.54. The highest BCUT2D eigenvalue weighted by atomic mass is 79.9. The first-order valence-electron chi connectivity index (χ1n) is 6.79. The zero-order valence-corrected chi connectivity index (χ0v) is 14.3. The third-order valence-electron chi connectivity index (χ3n) is 5.42. The maximum Gasteiger partial charge on any atom is 0.158 e. The lowest BCUT2D eigenvalue weighted by Crippen LogP contribution is -2.61. The molecule has 1 saturated carbocycles. The first kappa shape index (κ1) is 15.5. The lowest BCUT2D eigenvalue weighted by Gasteiger charge is -2.59. The quantitative estimate of drug-likeness (QED) is 0.677. The van der Waals surface area contributed by atoms with Crippen molar-refractivity contribution in [3.05, 3.63) is 12.2 Å². The van der Waals surface area contributed by atoms with Crippen LogP contribution in [0, 0.1) is 16.7 Å². The smallest absolute Gasteiger partial charge is 0.158 e. The Hall–Kier alpha value is 0.140. The van der Waals surface area contributed by atoms with Crippen molar-refractivity contribution < 1.29 is 9.90 Å². The Labute approximate surface area is 128 Å². The lowest BCUT2D eigenvalue weighted by atomic mass is 9.48. The van der Waals surface area contributed by atoms with Gasteiger partial charge in [-0.15, -0.1) is 11.6 Å². The van der Waals surface area contributed by atoms with Crippen molar-refractivity contribution in [2.75, 3.05) is 0 Å². The average Bonchev–Trinajstić information content (AvgIpc) is 2.27. The van der Waals surface area contributed by atoms with Crippen molar-refractivity contribution in [3.8, 4) is 0 Å². The predicted molar refractivity (Wildman–Crippen MR) is 81.7 cm³/mol. The van der Waals surface area contributed by atoms with E-state index in [0.29, 0.717) is 12.8 Å². The number of aliphatic hydroxyl groups excluding tert-OH is 1. The number of rotatable bonds is 0. The van der Waals surface area contributed by atoms with Crippen LogP contribution in [0.25, 0.3) is 0 Å². The van der Waals surface area contributed by atoms with Crippen LogP contribution >= 0.6 is 27.5 Å². The molecule has 0 aromatic carbocycles. The van der Waals surface area contributed by atoms with Crippen LogP contribution in [0.1, 0.15) is 40.5 Å². The van der Waals surface area contributed by atoms with Crippen LogP contribution in [0.15, 0.2) is 12.2 Å². The molecule has 2 nitrogen and oxygen atoms in total. The van der Waals surface area contributed by atoms with Gasteiger partial charge in [-0.3, -0.25) is 4.79 Å². The molecule has 108 valence electrons. The molecule has 2 rings (SSSR count). The molecule has 2 aliphatic carbocycles. The van der Waals surface area contributed by atoms with Crippen molar-refractivity contribution in [2.45, 2.75) is 56.3 Å². The topological polar surface area (TPSA) is 37.3 Å². The highest BCUT2D eigenvalue weighted by Gasteiger charge is 2.61. The van der Waals surface area contributed by atoms with Crippen molar-refractivity contribution >= 4 is 33.3 Å². The fourth-order valence-corrected chi connectivity index (χ4v) is 4.84. The van der Waals surface area contributed by atoms with Crippen molar-refractivity contribution in [1.82, 2.24) is 0 Å². The van der Waals surface area contributed by atoms with E-state index in [1.807, 2.05) is 19.9 Å². The summed E-state index contributed by atoms with van der Waals surface area (Å²) in [5.41, 5.74) is -0.666. The number of carbonyl (C=O) groups is 1. The summed E-state index contributed by atoms with van der Waals surface area (Å²) < 4.78 is 0. The molecule has 0 heterocycles. The number of ketones is 1. The van der Waals surface area contributed by atoms with Gasteiger partial charge in [-0.05, 0) is 31.3 Å². The minimum atomic E-state index is -0.567. The van der Waals surface area contributed by atoms with Crippen LogP contribution < -0.4 is 0 Å². The molecule has 0 radical (unpaired) electrons. The molecule has 1 fully saturated rings. The van der Waals surface area contributed by atoms with Gasteiger partial charge in [-0.25, -0.2) is 0 Å². The highest BCUT2D eigenvalue weighted by molar-refractivity contribution is 9.09. The van der Waals surface area contributed by atoms with E-state index in [-0.39, 0.29) is 21.9 Å². The summed E-state index contributed by atoms with van der Waals surface area (Å²) in [6.07, 6.45) is 4.26. The fraction of sp³-hybridized carbons (Fsp3) is 0.800. The molecule has 1 spiro atoms. The molecule has 0 aromatic rings. The van der Waals surface area contributed by atoms with Crippen LogP contribution in [-0.4, -0.2) is 26.7 Å². The number of hydrogen-bond donors (Lipinski definition) is 1. The maximum absolute atomic E-state index is 12.1. The minimum Gasteiger partial charge on any atom is -0.392 e. The summed E-state index contributed by atoms with van der Waals surface area (Å²) in [5, 5.41) is 10.8. The van der Waals surface area contributed by atoms with E-state index in [2.05, 4.69) is 29.8 Å². The van der Waals surface area contributed by atoms with Gasteiger partial charge < -0.3 is 5.11 Å². The average molecular weight is 350 g/mol. The molecule has 0 aliphatic heterocycles. The van der Waals surface area contributed by atoms with Crippen LogP contribution in [0.2, 0.25) is 0 Å². The van der Waals surface area contributed by atoms with Crippen LogP contribution in [0.5, 0.6) is 0 Å². The van der Waals surface area contributed by atoms with E-state index in [1.165, 1.54) is 0 Å². The molecular formula is C15H22BrClO2. The van der Waals surface area contributed by atoms with Gasteiger partial charge in [0.2, 0.25) is 0 Å². The molecule has 1 N–H and O–H groups in total. The lowest BCUT2D eigenvalue weighted by molar-refractivity contribution is -0.146. The molecule has 5 atom stereocenters. The summed E-state index contributed by atoms with van der Waals surface area (Å²) in [4.78, 5) is 11.7. The standard InChI is InChI=1S/C15H22BrClO2/c1-9-10(18)5-6-13(2,3)15(9)7-11(16)14(4,17)8-12(15)19/h5-6,9,11-12,19H,7-8H2,1-4H3. The molecule has 0 aromatic heterocycles. The highest BCUT2D eigenvalue weighted by Crippen LogP contribution is 2.60. The van der Waals surface area contributed by atoms with E-state index < -0.39 is 16.4 Å². The minimum absolute atomic E-state index is 0.0890. The first-order valence-corrected chi connectivity index (χ1v) is 8.08. The Morgan fingerprint density at radius 2 is 1.95 bits per heavy atom. The number of aliphatic hydroxyl groups is 1. The Morgan fingerprint density at radius 1 is 1.37 bits per heavy atom. The Kier molecular flexibility index (Phi) is 3.74. The number of hydrogen-bond acceptors (Lipinski definition) is 2. The molecule has 2 aliphatic rings. The van der Waals surface area contributed by atoms with Gasteiger partial charge >= 0.3 is 0 Å². The van der Waals surface area contributed by atoms with Gasteiger partial charge in [-0.2, -0.15) is 0 Å². The number of alkyl halides is 2. The van der Waals surface area contributed by atoms with Gasteiger partial charge in [0.15, 0.2) is 5.78 Å². The third kappa shape index (κ3) is 2.13. The van der Waals surface area contributed by atoms with E-state index in [4.69, 9.17) is 11.6 Å². The zero-order chi connectivity index (χ0) is 14.6. The van der Waals surface area contributed by atoms with E-state index in [0.717, 1.165) is 0 Å². The van der Waals surface area contributed by atoms with Gasteiger partial charge in [-0.1, -0.05) is 42.8 Å². The maximum atomic E-state index is 12.1. The van der Waals surface area contributed by atoms with Gasteiger partial charge in [0.05, 0.1) is 11.0 Å². The molecule has 0 amide bonds. The van der Waals surface area contributed by atoms with Crippen LogP contribution in [-0.2, 0) is 4.79 Å². The zero-order valence-electron chi connectivity index (χ0n) is 11.9. The van der Waals surface area contributed by atoms with Crippen LogP contribution in [0.3, 0.4) is 0 Å². The molecule has 4 heteroatoms. The SMILES string of the molecule is CC1C(=O)C=CC(C)(C)C12CC(Br)C(C)(Cl)CC2O. The molecule has 0 saturated heterocycles. The Balaban J connectivity index is 2.51. The second kappa shape index (κ2) is 4.57. The Bertz CT molecular complexity index is 430. The second-order valence-corrected chi connectivity index (χ2v) is 8.86. The van der Waals surface area contributed by atoms with Crippen LogP contribution in [0.4, 0.5) is 0 Å². The van der Waals surface area contributed by atoms with Crippen molar-refractivity contribution in [1.29, 1.82) is 0 Å². The van der Waals surface area contributed by atoms with Crippen molar-refractivity contribution in [2.24, 2.45) is 16.7 Å². The van der Waals surface area contributed by atoms with E-state index in [9.17, 15) is 9.90 Å². The predicted octanol–water partition coefficient (Wildman–Crippen LogP) is 3.69. The molecular weight excluding hydrogens is 328 g/mol. The fourth-order valence-electron chi connectivity index (χ4n) is 3.89. The second-order valence-electron chi connectivity index (χ2n) is 6.89. The van der Waals surface area contributed by atoms with Gasteiger partial charge in [0.25, 0.3) is 0 Å². The van der Waals surface area contributed by atoms with Gasteiger partial charge in [0.1, 0.15) is 0 Å². The normalized spacial score (nSPS) is 49.6. The van der Waals surface area contributed by atoms with Gasteiger partial charge in [0, 0.05) is 16.2 Å². The summed E-state index contributed by atoms with van der Waals surface area (Å²) >= 11 is 10.2. The summed E-state index contributed by atoms with van der Waals surface area (Å²) in [6.45, 7) is 8.09. The third-order valence-corrected chi connectivity index (χ3v) is 7.44. The molecule has 19 heavy (non-hydrogen) atoms. The number of allylic oxidation sites excluding steroid dienone is 2. The molecule has 5 unspecified atom stereocenters. The largest absolute Gasteiger partial charge is 0.392 e. The monoisotopic (exact) mass is 348 g/mol. The number of halogens is 2. The Morgan fingerprint density at radius 3 is 2.53 bits per heavy atom. The summed E-state index contributed by atoms with van der Waals surface area (Å²) in [6, 6.07) is 0. The summed E-state index contributed by atoms with van der Waals surface area (Å²) in [7, 11) is 0. The summed E-state index contributed by atoms with van der Waals surface area (Å²) in [5.74, 6) is -0.0773. The molecule has 0 bridgehead atoms. The van der Waals surface area contributed by atoms with Crippen molar-refractivity contribution in [3.63, 3.8) is 0 Å². The van der Waals surface area contributed by atoms with E-state index in [1.54, 1.807) is 6.08 Å². The number of carbonyl (C=O) groups excluding carboxylic acids is 1. The van der Waals surface area contributed by atoms with E-state index >= 15 is 0 Å².